The number of rotatable bonds is 15. The average Bonchev–Trinajstić information content (AvgIpc) is 3.11. The molecule has 52 heavy (non-hydrogen) atoms. The Morgan fingerprint density at radius 1 is 0.712 bits per heavy atom. The third-order valence-electron chi connectivity index (χ3n) is 7.98. The predicted molar refractivity (Wildman–Crippen MR) is 188 cm³/mol. The number of halogens is 3. The minimum Gasteiger partial charge on any atom is -0.489 e. The number of esters is 3. The van der Waals surface area contributed by atoms with Crippen molar-refractivity contribution in [2.45, 2.75) is 58.2 Å². The maximum absolute atomic E-state index is 13.6. The molecule has 0 saturated heterocycles. The Kier molecular flexibility index (Phi) is 13.2. The van der Waals surface area contributed by atoms with Gasteiger partial charge >= 0.3 is 24.1 Å². The molecule has 0 aliphatic carbocycles. The summed E-state index contributed by atoms with van der Waals surface area (Å²) in [5.41, 5.74) is -0.686. The van der Waals surface area contributed by atoms with E-state index in [1.54, 1.807) is 100 Å². The molecule has 274 valence electrons. The van der Waals surface area contributed by atoms with Crippen molar-refractivity contribution in [3.05, 3.63) is 119 Å². The summed E-state index contributed by atoms with van der Waals surface area (Å²) in [7, 11) is 0. The summed E-state index contributed by atoms with van der Waals surface area (Å²) in [6.07, 6.45) is -5.40. The standard InChI is InChI=1S/C40H40F3NO8/c1-5-49-37(47)39(38(48)50-6-2,29-14-8-7-9-15-29)23-24-51-34(45)25-28-13-12-18-33(35(28)52-26(3)4)44-36(46)32-17-11-10-16-31(32)27-19-21-30(22-20-27)40(41,42)43/h7-22,26H,5-6,23-25H2,1-4H3,(H,44,46). The number of carbonyl (C=O) groups is 4. The van der Waals surface area contributed by atoms with Crippen molar-refractivity contribution in [1.29, 1.82) is 0 Å². The predicted octanol–water partition coefficient (Wildman–Crippen LogP) is 7.95. The summed E-state index contributed by atoms with van der Waals surface area (Å²) >= 11 is 0. The van der Waals surface area contributed by atoms with Gasteiger partial charge in [0, 0.05) is 17.5 Å². The van der Waals surface area contributed by atoms with Gasteiger partial charge in [-0.15, -0.1) is 0 Å². The minimum absolute atomic E-state index is 0.0127. The Hall–Kier alpha value is -5.65. The molecule has 1 amide bonds. The van der Waals surface area contributed by atoms with Crippen molar-refractivity contribution >= 4 is 29.5 Å². The summed E-state index contributed by atoms with van der Waals surface area (Å²) in [5.74, 6) is -2.69. The molecule has 0 radical (unpaired) electrons. The number of para-hydroxylation sites is 1. The molecule has 1 N–H and O–H groups in total. The zero-order chi connectivity index (χ0) is 37.9. The van der Waals surface area contributed by atoms with Gasteiger partial charge in [0.05, 0.1) is 43.6 Å². The van der Waals surface area contributed by atoms with Gasteiger partial charge in [0.15, 0.2) is 5.41 Å². The number of hydrogen-bond donors (Lipinski definition) is 1. The maximum Gasteiger partial charge on any atom is 0.416 e. The van der Waals surface area contributed by atoms with Gasteiger partial charge in [-0.05, 0) is 68.7 Å². The van der Waals surface area contributed by atoms with Crippen LogP contribution >= 0.6 is 0 Å². The molecule has 0 saturated carbocycles. The van der Waals surface area contributed by atoms with E-state index >= 15 is 0 Å². The van der Waals surface area contributed by atoms with Gasteiger partial charge in [0.1, 0.15) is 5.75 Å². The number of ether oxygens (including phenoxy) is 4. The first kappa shape index (κ1) is 39.1. The van der Waals surface area contributed by atoms with E-state index in [1.165, 1.54) is 12.1 Å². The van der Waals surface area contributed by atoms with E-state index in [0.717, 1.165) is 12.1 Å². The average molecular weight is 720 g/mol. The fourth-order valence-electron chi connectivity index (χ4n) is 5.58. The van der Waals surface area contributed by atoms with Gasteiger partial charge in [0.25, 0.3) is 5.91 Å². The summed E-state index contributed by atoms with van der Waals surface area (Å²) in [6.45, 7) is 6.47. The molecule has 4 aromatic rings. The van der Waals surface area contributed by atoms with Crippen molar-refractivity contribution in [1.82, 2.24) is 0 Å². The van der Waals surface area contributed by atoms with Crippen LogP contribution in [0.1, 0.15) is 61.2 Å². The highest BCUT2D eigenvalue weighted by Crippen LogP contribution is 2.35. The molecule has 0 aliphatic rings. The van der Waals surface area contributed by atoms with Gasteiger partial charge < -0.3 is 24.3 Å². The van der Waals surface area contributed by atoms with E-state index in [9.17, 15) is 32.3 Å². The van der Waals surface area contributed by atoms with Gasteiger partial charge in [-0.25, -0.2) is 0 Å². The monoisotopic (exact) mass is 719 g/mol. The first-order chi connectivity index (χ1) is 24.8. The molecule has 0 heterocycles. The largest absolute Gasteiger partial charge is 0.489 e. The third-order valence-corrected chi connectivity index (χ3v) is 7.98. The van der Waals surface area contributed by atoms with Crippen LogP contribution in [0.4, 0.5) is 18.9 Å². The van der Waals surface area contributed by atoms with E-state index in [1.807, 2.05) is 0 Å². The lowest BCUT2D eigenvalue weighted by molar-refractivity contribution is -0.167. The van der Waals surface area contributed by atoms with Gasteiger partial charge in [-0.1, -0.05) is 72.8 Å². The molecule has 0 atom stereocenters. The normalized spacial score (nSPS) is 11.5. The quantitative estimate of drug-likeness (QED) is 0.0748. The molecule has 0 aromatic heterocycles. The highest BCUT2D eigenvalue weighted by molar-refractivity contribution is 6.09. The van der Waals surface area contributed by atoms with E-state index in [2.05, 4.69) is 5.32 Å². The van der Waals surface area contributed by atoms with E-state index < -0.39 is 41.0 Å². The lowest BCUT2D eigenvalue weighted by Crippen LogP contribution is -2.47. The highest BCUT2D eigenvalue weighted by atomic mass is 19.4. The topological polar surface area (TPSA) is 117 Å². The van der Waals surface area contributed by atoms with E-state index in [4.69, 9.17) is 18.9 Å². The number of nitrogens with one attached hydrogen (secondary N) is 1. The molecule has 9 nitrogen and oxygen atoms in total. The number of carbonyl (C=O) groups excluding carboxylic acids is 4. The lowest BCUT2D eigenvalue weighted by Gasteiger charge is -2.29. The van der Waals surface area contributed by atoms with Crippen LogP contribution in [0, 0.1) is 0 Å². The zero-order valence-corrected chi connectivity index (χ0v) is 29.3. The fourth-order valence-corrected chi connectivity index (χ4v) is 5.58. The van der Waals surface area contributed by atoms with Crippen LogP contribution in [0.5, 0.6) is 5.75 Å². The summed E-state index contributed by atoms with van der Waals surface area (Å²) < 4.78 is 61.7. The number of amides is 1. The Morgan fingerprint density at radius 2 is 1.33 bits per heavy atom. The van der Waals surface area contributed by atoms with Crippen molar-refractivity contribution < 1.29 is 51.3 Å². The number of anilines is 1. The second-order valence-electron chi connectivity index (χ2n) is 11.9. The van der Waals surface area contributed by atoms with E-state index in [0.29, 0.717) is 22.3 Å². The summed E-state index contributed by atoms with van der Waals surface area (Å²) in [6, 6.07) is 24.1. The molecule has 0 spiro atoms. The first-order valence-corrected chi connectivity index (χ1v) is 16.7. The van der Waals surface area contributed by atoms with Crippen molar-refractivity contribution in [3.63, 3.8) is 0 Å². The van der Waals surface area contributed by atoms with Crippen LogP contribution in [-0.4, -0.2) is 49.7 Å². The van der Waals surface area contributed by atoms with Crippen LogP contribution in [0.2, 0.25) is 0 Å². The minimum atomic E-state index is -4.50. The van der Waals surface area contributed by atoms with Gasteiger partial charge in [-0.2, -0.15) is 13.2 Å². The Morgan fingerprint density at radius 3 is 1.92 bits per heavy atom. The molecule has 0 aliphatic heterocycles. The highest BCUT2D eigenvalue weighted by Gasteiger charge is 2.50. The molecule has 4 aromatic carbocycles. The number of alkyl halides is 3. The molecule has 12 heteroatoms. The number of benzene rings is 4. The van der Waals surface area contributed by atoms with E-state index in [-0.39, 0.29) is 55.8 Å². The fraction of sp³-hybridized carbons (Fsp3) is 0.300. The molecular weight excluding hydrogens is 679 g/mol. The van der Waals surface area contributed by atoms with Crippen LogP contribution in [-0.2, 0) is 46.6 Å². The maximum atomic E-state index is 13.6. The van der Waals surface area contributed by atoms with Crippen molar-refractivity contribution in [3.8, 4) is 16.9 Å². The lowest BCUT2D eigenvalue weighted by atomic mass is 9.77. The smallest absolute Gasteiger partial charge is 0.416 e. The Bertz CT molecular complexity index is 1840. The molecule has 4 rings (SSSR count). The molecule has 0 fully saturated rings. The van der Waals surface area contributed by atoms with Crippen LogP contribution in [0.3, 0.4) is 0 Å². The van der Waals surface area contributed by atoms with Crippen LogP contribution in [0.15, 0.2) is 97.1 Å². The second kappa shape index (κ2) is 17.5. The van der Waals surface area contributed by atoms with Crippen LogP contribution < -0.4 is 10.1 Å². The van der Waals surface area contributed by atoms with Crippen LogP contribution in [0.25, 0.3) is 11.1 Å². The van der Waals surface area contributed by atoms with Gasteiger partial charge in [0.2, 0.25) is 0 Å². The second-order valence-corrected chi connectivity index (χ2v) is 11.9. The van der Waals surface area contributed by atoms with Gasteiger partial charge in [-0.3, -0.25) is 19.2 Å². The van der Waals surface area contributed by atoms with Crippen molar-refractivity contribution in [2.24, 2.45) is 0 Å². The summed E-state index contributed by atoms with van der Waals surface area (Å²) in [4.78, 5) is 53.5. The molecular formula is C40H40F3NO8. The first-order valence-electron chi connectivity index (χ1n) is 16.7. The Labute approximate surface area is 300 Å². The summed E-state index contributed by atoms with van der Waals surface area (Å²) in [5, 5.41) is 2.82. The Balaban J connectivity index is 1.56. The molecule has 0 unspecified atom stereocenters. The van der Waals surface area contributed by atoms with Crippen molar-refractivity contribution in [2.75, 3.05) is 25.1 Å². The SMILES string of the molecule is CCOC(=O)C(CCOC(=O)Cc1cccc(NC(=O)c2ccccc2-c2ccc(C(F)(F)F)cc2)c1OC(C)C)(C(=O)OCC)c1ccccc1. The third kappa shape index (κ3) is 9.36. The zero-order valence-electron chi connectivity index (χ0n) is 29.3. The molecule has 0 bridgehead atoms. The number of hydrogen-bond acceptors (Lipinski definition) is 8.